The van der Waals surface area contributed by atoms with Crippen LogP contribution in [0.5, 0.6) is 0 Å². The van der Waals surface area contributed by atoms with E-state index < -0.39 is 6.10 Å². The number of methoxy groups -OCH3 is 1. The van der Waals surface area contributed by atoms with Crippen molar-refractivity contribution in [3.05, 3.63) is 0 Å². The van der Waals surface area contributed by atoms with E-state index in [0.717, 1.165) is 19.3 Å². The Kier molecular flexibility index (Phi) is 4.74. The van der Waals surface area contributed by atoms with Crippen LogP contribution in [0, 0.1) is 11.3 Å². The van der Waals surface area contributed by atoms with Gasteiger partial charge in [0.1, 0.15) is 0 Å². The first-order chi connectivity index (χ1) is 7.47. The average Bonchev–Trinajstić information content (AvgIpc) is 2.55. The summed E-state index contributed by atoms with van der Waals surface area (Å²) < 4.78 is 4.80. The molecule has 0 spiro atoms. The standard InChI is InChI=1S/C12H23NO3/c1-12(2)6-4-5-10(12)11(15)13-7-9(14)8-16-3/h9-10,14H,4-8H2,1-3H3,(H,13,15). The maximum Gasteiger partial charge on any atom is 0.223 e. The number of aliphatic hydroxyl groups excluding tert-OH is 1. The van der Waals surface area contributed by atoms with Gasteiger partial charge in [0.05, 0.1) is 12.7 Å². The Morgan fingerprint density at radius 2 is 2.31 bits per heavy atom. The van der Waals surface area contributed by atoms with Crippen molar-refractivity contribution in [2.45, 2.75) is 39.2 Å². The minimum absolute atomic E-state index is 0.0673. The lowest BCUT2D eigenvalue weighted by atomic mass is 9.81. The van der Waals surface area contributed by atoms with E-state index in [0.29, 0.717) is 0 Å². The third kappa shape index (κ3) is 3.46. The third-order valence-electron chi connectivity index (χ3n) is 3.44. The summed E-state index contributed by atoms with van der Waals surface area (Å²) in [5, 5.41) is 12.2. The lowest BCUT2D eigenvalue weighted by Gasteiger charge is -2.26. The number of aliphatic hydroxyl groups is 1. The Morgan fingerprint density at radius 1 is 1.62 bits per heavy atom. The molecule has 1 fully saturated rings. The molecule has 1 aliphatic carbocycles. The molecule has 0 aromatic heterocycles. The fourth-order valence-electron chi connectivity index (χ4n) is 2.41. The summed E-state index contributed by atoms with van der Waals surface area (Å²) >= 11 is 0. The fraction of sp³-hybridized carbons (Fsp3) is 0.917. The Morgan fingerprint density at radius 3 is 2.81 bits per heavy atom. The van der Waals surface area contributed by atoms with E-state index in [1.165, 1.54) is 7.11 Å². The van der Waals surface area contributed by atoms with Gasteiger partial charge in [-0.15, -0.1) is 0 Å². The van der Waals surface area contributed by atoms with Gasteiger partial charge in [-0.3, -0.25) is 4.79 Å². The smallest absolute Gasteiger partial charge is 0.223 e. The Hall–Kier alpha value is -0.610. The normalized spacial score (nSPS) is 25.4. The minimum atomic E-state index is -0.613. The van der Waals surface area contributed by atoms with Crippen LogP contribution >= 0.6 is 0 Å². The van der Waals surface area contributed by atoms with E-state index >= 15 is 0 Å². The molecular weight excluding hydrogens is 206 g/mol. The molecule has 94 valence electrons. The molecule has 1 amide bonds. The largest absolute Gasteiger partial charge is 0.389 e. The predicted octanol–water partition coefficient (Wildman–Crippen LogP) is 0.936. The van der Waals surface area contributed by atoms with E-state index in [1.807, 2.05) is 0 Å². The van der Waals surface area contributed by atoms with E-state index in [1.54, 1.807) is 0 Å². The van der Waals surface area contributed by atoms with Gasteiger partial charge in [-0.1, -0.05) is 20.3 Å². The number of carbonyl (C=O) groups is 1. The third-order valence-corrected chi connectivity index (χ3v) is 3.44. The SMILES string of the molecule is COCC(O)CNC(=O)C1CCCC1(C)C. The summed E-state index contributed by atoms with van der Waals surface area (Å²) in [5.41, 5.74) is 0.0935. The quantitative estimate of drug-likeness (QED) is 0.737. The van der Waals surface area contributed by atoms with Crippen LogP contribution in [0.1, 0.15) is 33.1 Å². The molecule has 4 nitrogen and oxygen atoms in total. The Labute approximate surface area is 97.4 Å². The highest BCUT2D eigenvalue weighted by Gasteiger charge is 2.39. The van der Waals surface area contributed by atoms with Gasteiger partial charge in [0.2, 0.25) is 5.91 Å². The fourth-order valence-corrected chi connectivity index (χ4v) is 2.41. The Bertz CT molecular complexity index is 240. The van der Waals surface area contributed by atoms with Crippen LogP contribution in [-0.2, 0) is 9.53 Å². The van der Waals surface area contributed by atoms with Gasteiger partial charge in [0, 0.05) is 19.6 Å². The van der Waals surface area contributed by atoms with Crippen LogP contribution in [0.15, 0.2) is 0 Å². The van der Waals surface area contributed by atoms with Gasteiger partial charge in [-0.2, -0.15) is 0 Å². The first-order valence-corrected chi connectivity index (χ1v) is 5.92. The van der Waals surface area contributed by atoms with Gasteiger partial charge in [-0.05, 0) is 18.3 Å². The molecule has 1 aliphatic rings. The maximum absolute atomic E-state index is 11.9. The predicted molar refractivity (Wildman–Crippen MR) is 62.0 cm³/mol. The first kappa shape index (κ1) is 13.5. The van der Waals surface area contributed by atoms with Gasteiger partial charge in [0.15, 0.2) is 0 Å². The molecular formula is C12H23NO3. The summed E-state index contributed by atoms with van der Waals surface area (Å²) in [6.45, 7) is 4.80. The lowest BCUT2D eigenvalue weighted by molar-refractivity contribution is -0.128. The van der Waals surface area contributed by atoms with E-state index in [9.17, 15) is 9.90 Å². The molecule has 2 unspecified atom stereocenters. The van der Waals surface area contributed by atoms with Crippen molar-refractivity contribution < 1.29 is 14.6 Å². The first-order valence-electron chi connectivity index (χ1n) is 5.92. The molecule has 1 saturated carbocycles. The summed E-state index contributed by atoms with van der Waals surface area (Å²) in [4.78, 5) is 11.9. The topological polar surface area (TPSA) is 58.6 Å². The number of ether oxygens (including phenoxy) is 1. The van der Waals surface area contributed by atoms with E-state index in [2.05, 4.69) is 19.2 Å². The number of nitrogens with one attached hydrogen (secondary N) is 1. The molecule has 0 aromatic carbocycles. The van der Waals surface area contributed by atoms with Crippen molar-refractivity contribution in [2.75, 3.05) is 20.3 Å². The zero-order valence-electron chi connectivity index (χ0n) is 10.5. The molecule has 16 heavy (non-hydrogen) atoms. The molecule has 0 aliphatic heterocycles. The van der Waals surface area contributed by atoms with Crippen LogP contribution in [0.4, 0.5) is 0 Å². The van der Waals surface area contributed by atoms with Gasteiger partial charge in [-0.25, -0.2) is 0 Å². The van der Waals surface area contributed by atoms with Crippen LogP contribution in [0.3, 0.4) is 0 Å². The van der Waals surface area contributed by atoms with Crippen LogP contribution in [0.25, 0.3) is 0 Å². The molecule has 0 aromatic rings. The van der Waals surface area contributed by atoms with Crippen molar-refractivity contribution in [3.63, 3.8) is 0 Å². The molecule has 0 bridgehead atoms. The van der Waals surface area contributed by atoms with Crippen molar-refractivity contribution in [3.8, 4) is 0 Å². The van der Waals surface area contributed by atoms with Crippen molar-refractivity contribution in [2.24, 2.45) is 11.3 Å². The van der Waals surface area contributed by atoms with E-state index in [-0.39, 0.29) is 30.4 Å². The second-order valence-electron chi connectivity index (χ2n) is 5.29. The number of hydrogen-bond acceptors (Lipinski definition) is 3. The summed E-state index contributed by atoms with van der Waals surface area (Å²) in [6.07, 6.45) is 2.56. The van der Waals surface area contributed by atoms with Crippen LogP contribution in [-0.4, -0.2) is 37.4 Å². The zero-order chi connectivity index (χ0) is 12.2. The van der Waals surface area contributed by atoms with Crippen molar-refractivity contribution in [1.82, 2.24) is 5.32 Å². The number of hydrogen-bond donors (Lipinski definition) is 2. The van der Waals surface area contributed by atoms with Gasteiger partial charge < -0.3 is 15.2 Å². The van der Waals surface area contributed by atoms with Crippen LogP contribution < -0.4 is 5.32 Å². The van der Waals surface area contributed by atoms with Crippen molar-refractivity contribution in [1.29, 1.82) is 0 Å². The Balaban J connectivity index is 2.35. The number of amides is 1. The maximum atomic E-state index is 11.9. The highest BCUT2D eigenvalue weighted by Crippen LogP contribution is 2.42. The number of rotatable bonds is 5. The minimum Gasteiger partial charge on any atom is -0.389 e. The summed E-state index contributed by atoms with van der Waals surface area (Å²) in [5.74, 6) is 0.153. The highest BCUT2D eigenvalue weighted by atomic mass is 16.5. The lowest BCUT2D eigenvalue weighted by Crippen LogP contribution is -2.40. The number of carbonyl (C=O) groups excluding carboxylic acids is 1. The molecule has 4 heteroatoms. The summed E-state index contributed by atoms with van der Waals surface area (Å²) in [7, 11) is 1.53. The van der Waals surface area contributed by atoms with Crippen LogP contribution in [0.2, 0.25) is 0 Å². The average molecular weight is 229 g/mol. The second-order valence-corrected chi connectivity index (χ2v) is 5.29. The summed E-state index contributed by atoms with van der Waals surface area (Å²) in [6, 6.07) is 0. The van der Waals surface area contributed by atoms with Crippen molar-refractivity contribution >= 4 is 5.91 Å². The molecule has 1 rings (SSSR count). The molecule has 0 heterocycles. The van der Waals surface area contributed by atoms with E-state index in [4.69, 9.17) is 4.74 Å². The molecule has 2 N–H and O–H groups in total. The van der Waals surface area contributed by atoms with Gasteiger partial charge in [0.25, 0.3) is 0 Å². The zero-order valence-corrected chi connectivity index (χ0v) is 10.5. The molecule has 0 saturated heterocycles. The molecule has 2 atom stereocenters. The molecule has 0 radical (unpaired) electrons. The second kappa shape index (κ2) is 5.64. The highest BCUT2D eigenvalue weighted by molar-refractivity contribution is 5.79. The van der Waals surface area contributed by atoms with Gasteiger partial charge >= 0.3 is 0 Å². The monoisotopic (exact) mass is 229 g/mol.